The first-order valence-electron chi connectivity index (χ1n) is 9.75. The fraction of sp³-hybridized carbons (Fsp3) is 0.409. The number of rotatable bonds is 11. The van der Waals surface area contributed by atoms with Crippen LogP contribution in [-0.2, 0) is 11.2 Å². The van der Waals surface area contributed by atoms with E-state index in [9.17, 15) is 14.7 Å². The SMILES string of the molecule is COc1ccc(C(=O)Cc2c(Cl)cncc2Cl)c(OCC(=O)NCCC(C)(C)O)c1OC. The number of carbonyl (C=O) groups excluding carboxylic acids is 2. The Hall–Kier alpha value is -2.55. The van der Waals surface area contributed by atoms with Crippen LogP contribution in [0, 0.1) is 0 Å². The zero-order chi connectivity index (χ0) is 23.9. The molecule has 0 bridgehead atoms. The number of halogens is 2. The maximum Gasteiger partial charge on any atom is 0.257 e. The summed E-state index contributed by atoms with van der Waals surface area (Å²) in [6, 6.07) is 3.09. The van der Waals surface area contributed by atoms with Gasteiger partial charge in [-0.25, -0.2) is 0 Å². The second-order valence-electron chi connectivity index (χ2n) is 7.56. The van der Waals surface area contributed by atoms with Gasteiger partial charge in [0.05, 0.1) is 35.4 Å². The lowest BCUT2D eigenvalue weighted by Gasteiger charge is -2.18. The van der Waals surface area contributed by atoms with E-state index in [0.29, 0.717) is 17.7 Å². The molecule has 0 aliphatic rings. The predicted molar refractivity (Wildman–Crippen MR) is 121 cm³/mol. The highest BCUT2D eigenvalue weighted by atomic mass is 35.5. The number of methoxy groups -OCH3 is 2. The molecular formula is C22H26Cl2N2O6. The maximum atomic E-state index is 13.1. The van der Waals surface area contributed by atoms with Crippen molar-refractivity contribution in [2.24, 2.45) is 0 Å². The Morgan fingerprint density at radius 1 is 1.09 bits per heavy atom. The molecule has 0 atom stereocenters. The highest BCUT2D eigenvalue weighted by molar-refractivity contribution is 6.36. The van der Waals surface area contributed by atoms with Crippen LogP contribution in [0.4, 0.5) is 0 Å². The molecule has 0 fully saturated rings. The number of amides is 1. The van der Waals surface area contributed by atoms with Crippen LogP contribution in [0.3, 0.4) is 0 Å². The van der Waals surface area contributed by atoms with Crippen molar-refractivity contribution in [2.75, 3.05) is 27.4 Å². The molecule has 2 aromatic rings. The number of benzene rings is 1. The summed E-state index contributed by atoms with van der Waals surface area (Å²) in [5, 5.41) is 12.9. The van der Waals surface area contributed by atoms with E-state index in [1.807, 2.05) is 0 Å². The normalized spacial score (nSPS) is 11.1. The number of aromatic nitrogens is 1. The number of ketones is 1. The summed E-state index contributed by atoms with van der Waals surface area (Å²) >= 11 is 12.3. The van der Waals surface area contributed by atoms with Gasteiger partial charge in [-0.1, -0.05) is 23.2 Å². The number of ether oxygens (including phenoxy) is 3. The van der Waals surface area contributed by atoms with Gasteiger partial charge >= 0.3 is 0 Å². The molecular weight excluding hydrogens is 459 g/mol. The molecule has 0 unspecified atom stereocenters. The predicted octanol–water partition coefficient (Wildman–Crippen LogP) is 3.49. The zero-order valence-electron chi connectivity index (χ0n) is 18.3. The first kappa shape index (κ1) is 25.7. The molecule has 32 heavy (non-hydrogen) atoms. The van der Waals surface area contributed by atoms with Gasteiger partial charge in [0.1, 0.15) is 0 Å². The van der Waals surface area contributed by atoms with Gasteiger partial charge in [-0.15, -0.1) is 0 Å². The van der Waals surface area contributed by atoms with Gasteiger partial charge in [0, 0.05) is 30.9 Å². The van der Waals surface area contributed by atoms with Gasteiger partial charge in [-0.05, 0) is 32.4 Å². The summed E-state index contributed by atoms with van der Waals surface area (Å²) in [5.41, 5.74) is -0.298. The monoisotopic (exact) mass is 484 g/mol. The van der Waals surface area contributed by atoms with Crippen molar-refractivity contribution >= 4 is 34.9 Å². The van der Waals surface area contributed by atoms with Gasteiger partial charge in [0.2, 0.25) is 5.75 Å². The molecule has 0 radical (unpaired) electrons. The van der Waals surface area contributed by atoms with E-state index in [2.05, 4.69) is 10.3 Å². The van der Waals surface area contributed by atoms with Crippen LogP contribution in [0.5, 0.6) is 17.2 Å². The number of pyridine rings is 1. The quantitative estimate of drug-likeness (QED) is 0.470. The van der Waals surface area contributed by atoms with Crippen LogP contribution >= 0.6 is 23.2 Å². The Morgan fingerprint density at radius 2 is 1.75 bits per heavy atom. The number of aliphatic hydroxyl groups is 1. The van der Waals surface area contributed by atoms with Crippen LogP contribution in [-0.4, -0.2) is 54.8 Å². The lowest BCUT2D eigenvalue weighted by atomic mass is 10.0. The number of hydrogen-bond donors (Lipinski definition) is 2. The van der Waals surface area contributed by atoms with Gasteiger partial charge in [-0.2, -0.15) is 0 Å². The van der Waals surface area contributed by atoms with E-state index in [0.717, 1.165) is 0 Å². The van der Waals surface area contributed by atoms with Crippen molar-refractivity contribution in [3.63, 3.8) is 0 Å². The molecule has 10 heteroatoms. The first-order valence-corrected chi connectivity index (χ1v) is 10.5. The Morgan fingerprint density at radius 3 is 2.31 bits per heavy atom. The Balaban J connectivity index is 2.26. The summed E-state index contributed by atoms with van der Waals surface area (Å²) in [7, 11) is 2.85. The van der Waals surface area contributed by atoms with E-state index in [1.165, 1.54) is 32.7 Å². The smallest absolute Gasteiger partial charge is 0.257 e. The lowest BCUT2D eigenvalue weighted by Crippen LogP contribution is -2.33. The largest absolute Gasteiger partial charge is 0.493 e. The van der Waals surface area contributed by atoms with Crippen molar-refractivity contribution in [3.8, 4) is 17.2 Å². The van der Waals surface area contributed by atoms with E-state index < -0.39 is 11.5 Å². The maximum absolute atomic E-state index is 13.1. The summed E-state index contributed by atoms with van der Waals surface area (Å²) in [5.74, 6) is -0.192. The van der Waals surface area contributed by atoms with Gasteiger partial charge < -0.3 is 24.6 Å². The average molecular weight is 485 g/mol. The number of hydrogen-bond acceptors (Lipinski definition) is 7. The number of nitrogens with one attached hydrogen (secondary N) is 1. The second-order valence-corrected chi connectivity index (χ2v) is 8.37. The lowest BCUT2D eigenvalue weighted by molar-refractivity contribution is -0.123. The minimum Gasteiger partial charge on any atom is -0.493 e. The van der Waals surface area contributed by atoms with Crippen molar-refractivity contribution in [1.29, 1.82) is 0 Å². The molecule has 0 saturated heterocycles. The van der Waals surface area contributed by atoms with Crippen molar-refractivity contribution < 1.29 is 28.9 Å². The molecule has 2 rings (SSSR count). The summed E-state index contributed by atoms with van der Waals surface area (Å²) in [6.07, 6.45) is 3.07. The molecule has 1 heterocycles. The minimum absolute atomic E-state index is 0.0655. The molecule has 1 aromatic heterocycles. The fourth-order valence-electron chi connectivity index (χ4n) is 2.82. The third-order valence-corrected chi connectivity index (χ3v) is 5.15. The average Bonchev–Trinajstić information content (AvgIpc) is 2.73. The molecule has 8 nitrogen and oxygen atoms in total. The molecule has 0 saturated carbocycles. The van der Waals surface area contributed by atoms with Crippen molar-refractivity contribution in [3.05, 3.63) is 45.7 Å². The van der Waals surface area contributed by atoms with Gasteiger partial charge in [0.15, 0.2) is 23.9 Å². The third kappa shape index (κ3) is 6.98. The standard InChI is InChI=1S/C22H26Cl2N2O6/c1-22(2,29)7-8-26-19(28)12-32-20-13(5-6-18(30-3)21(20)31-4)17(27)9-14-15(23)10-25-11-16(14)24/h5-6,10-11,29H,7-9,12H2,1-4H3,(H,26,28). The molecule has 1 aromatic carbocycles. The van der Waals surface area contributed by atoms with Gasteiger partial charge in [0.25, 0.3) is 5.91 Å². The van der Waals surface area contributed by atoms with E-state index >= 15 is 0 Å². The Bertz CT molecular complexity index is 955. The summed E-state index contributed by atoms with van der Waals surface area (Å²) in [6.45, 7) is 3.20. The second kappa shape index (κ2) is 11.4. The molecule has 0 spiro atoms. The van der Waals surface area contributed by atoms with E-state index in [1.54, 1.807) is 19.9 Å². The minimum atomic E-state index is -0.904. The summed E-state index contributed by atoms with van der Waals surface area (Å²) in [4.78, 5) is 29.2. The van der Waals surface area contributed by atoms with Crippen LogP contribution in [0.1, 0.15) is 36.2 Å². The zero-order valence-corrected chi connectivity index (χ0v) is 19.8. The number of Topliss-reactive ketones (excluding diaryl/α,β-unsaturated/α-hetero) is 1. The molecule has 1 amide bonds. The third-order valence-electron chi connectivity index (χ3n) is 4.50. The van der Waals surface area contributed by atoms with Crippen LogP contribution in [0.15, 0.2) is 24.5 Å². The Kier molecular flexibility index (Phi) is 9.12. The van der Waals surface area contributed by atoms with E-state index in [-0.39, 0.29) is 52.5 Å². The molecule has 174 valence electrons. The number of nitrogens with zero attached hydrogens (tertiary/aromatic N) is 1. The van der Waals surface area contributed by atoms with Gasteiger partial charge in [-0.3, -0.25) is 14.6 Å². The van der Waals surface area contributed by atoms with Crippen LogP contribution < -0.4 is 19.5 Å². The fourth-order valence-corrected chi connectivity index (χ4v) is 3.32. The Labute approximate surface area is 196 Å². The summed E-state index contributed by atoms with van der Waals surface area (Å²) < 4.78 is 16.4. The van der Waals surface area contributed by atoms with E-state index in [4.69, 9.17) is 37.4 Å². The first-order chi connectivity index (χ1) is 15.1. The van der Waals surface area contributed by atoms with Crippen molar-refractivity contribution in [2.45, 2.75) is 32.3 Å². The van der Waals surface area contributed by atoms with Crippen LogP contribution in [0.2, 0.25) is 10.0 Å². The topological polar surface area (TPSA) is 107 Å². The molecule has 2 N–H and O–H groups in total. The van der Waals surface area contributed by atoms with Crippen LogP contribution in [0.25, 0.3) is 0 Å². The molecule has 0 aliphatic heterocycles. The highest BCUT2D eigenvalue weighted by Crippen LogP contribution is 2.40. The molecule has 0 aliphatic carbocycles. The number of carbonyl (C=O) groups is 2. The highest BCUT2D eigenvalue weighted by Gasteiger charge is 2.24. The van der Waals surface area contributed by atoms with Crippen molar-refractivity contribution in [1.82, 2.24) is 10.3 Å².